The van der Waals surface area contributed by atoms with E-state index in [1.54, 1.807) is 6.08 Å². The van der Waals surface area contributed by atoms with Crippen molar-refractivity contribution in [1.29, 1.82) is 0 Å². The average Bonchev–Trinajstić information content (AvgIpc) is 3.06. The zero-order valence-electron chi connectivity index (χ0n) is 16.5. The van der Waals surface area contributed by atoms with Crippen LogP contribution in [0.25, 0.3) is 11.1 Å². The maximum atomic E-state index is 12.8. The molecule has 146 valence electrons. The lowest BCUT2D eigenvalue weighted by atomic mass is 9.89. The van der Waals surface area contributed by atoms with Gasteiger partial charge in [-0.25, -0.2) is 4.79 Å². The maximum Gasteiger partial charge on any atom is 0.410 e. The Morgan fingerprint density at radius 1 is 1.00 bits per heavy atom. The quantitative estimate of drug-likeness (QED) is 0.579. The fourth-order valence-electron chi connectivity index (χ4n) is 4.75. The van der Waals surface area contributed by atoms with Gasteiger partial charge in [0.2, 0.25) is 0 Å². The number of fused-ring (bicyclic) bond motifs is 3. The van der Waals surface area contributed by atoms with Crippen molar-refractivity contribution in [2.24, 2.45) is 5.92 Å². The summed E-state index contributed by atoms with van der Waals surface area (Å²) in [7, 11) is 0. The third-order valence-electron chi connectivity index (χ3n) is 6.15. The van der Waals surface area contributed by atoms with Crippen molar-refractivity contribution >= 4 is 6.09 Å². The van der Waals surface area contributed by atoms with E-state index < -0.39 is 0 Å². The average molecular weight is 376 g/mol. The van der Waals surface area contributed by atoms with Gasteiger partial charge in [0.05, 0.1) is 0 Å². The van der Waals surface area contributed by atoms with Crippen molar-refractivity contribution in [2.45, 2.75) is 38.0 Å². The van der Waals surface area contributed by atoms with Crippen LogP contribution in [0.3, 0.4) is 0 Å². The molecule has 0 heterocycles. The SMILES string of the molecule is C=CCN(CC1CCCCC1)C(=O)OCC1c2ccccc2-c2ccccc21. The van der Waals surface area contributed by atoms with Crippen LogP contribution in [0.5, 0.6) is 0 Å². The fourth-order valence-corrected chi connectivity index (χ4v) is 4.75. The Morgan fingerprint density at radius 3 is 2.21 bits per heavy atom. The summed E-state index contributed by atoms with van der Waals surface area (Å²) < 4.78 is 5.84. The molecule has 0 bridgehead atoms. The van der Waals surface area contributed by atoms with E-state index in [2.05, 4.69) is 55.1 Å². The fraction of sp³-hybridized carbons (Fsp3) is 0.400. The molecule has 2 aliphatic rings. The number of hydrogen-bond acceptors (Lipinski definition) is 2. The molecule has 1 fully saturated rings. The molecule has 0 saturated heterocycles. The predicted molar refractivity (Wildman–Crippen MR) is 113 cm³/mol. The van der Waals surface area contributed by atoms with Crippen LogP contribution in [-0.4, -0.2) is 30.7 Å². The minimum absolute atomic E-state index is 0.108. The number of rotatable bonds is 6. The van der Waals surface area contributed by atoms with Gasteiger partial charge in [-0.2, -0.15) is 0 Å². The van der Waals surface area contributed by atoms with Gasteiger partial charge in [0.25, 0.3) is 0 Å². The number of amides is 1. The normalized spacial score (nSPS) is 16.3. The highest BCUT2D eigenvalue weighted by molar-refractivity contribution is 5.79. The Hall–Kier alpha value is -2.55. The number of nitrogens with zero attached hydrogens (tertiary/aromatic N) is 1. The van der Waals surface area contributed by atoms with Crippen molar-refractivity contribution < 1.29 is 9.53 Å². The lowest BCUT2D eigenvalue weighted by molar-refractivity contribution is 0.0948. The molecule has 2 aromatic carbocycles. The van der Waals surface area contributed by atoms with E-state index in [0.29, 0.717) is 19.1 Å². The maximum absolute atomic E-state index is 12.8. The first kappa shape index (κ1) is 18.8. The number of carbonyl (C=O) groups is 1. The van der Waals surface area contributed by atoms with Crippen LogP contribution >= 0.6 is 0 Å². The Balaban J connectivity index is 1.45. The topological polar surface area (TPSA) is 29.5 Å². The molecule has 28 heavy (non-hydrogen) atoms. The van der Waals surface area contributed by atoms with Crippen molar-refractivity contribution in [2.75, 3.05) is 19.7 Å². The predicted octanol–water partition coefficient (Wildman–Crippen LogP) is 6.00. The highest BCUT2D eigenvalue weighted by Gasteiger charge is 2.30. The van der Waals surface area contributed by atoms with E-state index in [-0.39, 0.29) is 12.0 Å². The minimum Gasteiger partial charge on any atom is -0.448 e. The molecule has 1 saturated carbocycles. The van der Waals surface area contributed by atoms with Crippen LogP contribution in [0.15, 0.2) is 61.2 Å². The molecule has 0 aromatic heterocycles. The van der Waals surface area contributed by atoms with Gasteiger partial charge in [0.1, 0.15) is 6.61 Å². The summed E-state index contributed by atoms with van der Waals surface area (Å²) in [6.45, 7) is 5.53. The Labute approximate surface area is 168 Å². The molecule has 4 rings (SSSR count). The van der Waals surface area contributed by atoms with E-state index >= 15 is 0 Å². The summed E-state index contributed by atoms with van der Waals surface area (Å²) in [5, 5.41) is 0. The molecule has 3 nitrogen and oxygen atoms in total. The summed E-state index contributed by atoms with van der Waals surface area (Å²) in [6, 6.07) is 16.9. The van der Waals surface area contributed by atoms with E-state index in [4.69, 9.17) is 4.74 Å². The first-order valence-corrected chi connectivity index (χ1v) is 10.5. The van der Waals surface area contributed by atoms with Gasteiger partial charge in [0.15, 0.2) is 0 Å². The number of ether oxygens (including phenoxy) is 1. The summed E-state index contributed by atoms with van der Waals surface area (Å²) in [4.78, 5) is 14.7. The monoisotopic (exact) mass is 375 g/mol. The first-order chi connectivity index (χ1) is 13.8. The van der Waals surface area contributed by atoms with Gasteiger partial charge < -0.3 is 9.64 Å². The summed E-state index contributed by atoms with van der Waals surface area (Å²) >= 11 is 0. The van der Waals surface area contributed by atoms with E-state index in [1.165, 1.54) is 54.4 Å². The molecule has 0 spiro atoms. The summed E-state index contributed by atoms with van der Waals surface area (Å²) in [6.07, 6.45) is 7.88. The molecular formula is C25H29NO2. The molecule has 0 atom stereocenters. The zero-order chi connectivity index (χ0) is 19.3. The Kier molecular flexibility index (Phi) is 5.80. The van der Waals surface area contributed by atoms with Gasteiger partial charge in [0, 0.05) is 19.0 Å². The van der Waals surface area contributed by atoms with Crippen LogP contribution in [0.2, 0.25) is 0 Å². The van der Waals surface area contributed by atoms with E-state index in [1.807, 2.05) is 4.90 Å². The molecule has 0 N–H and O–H groups in total. The molecule has 1 amide bonds. The number of hydrogen-bond donors (Lipinski definition) is 0. The number of carbonyl (C=O) groups excluding carboxylic acids is 1. The minimum atomic E-state index is -0.215. The summed E-state index contributed by atoms with van der Waals surface area (Å²) in [5.41, 5.74) is 5.01. The van der Waals surface area contributed by atoms with Crippen LogP contribution in [0.4, 0.5) is 4.79 Å². The Morgan fingerprint density at radius 2 is 1.61 bits per heavy atom. The zero-order valence-corrected chi connectivity index (χ0v) is 16.5. The second-order valence-electron chi connectivity index (χ2n) is 8.00. The highest BCUT2D eigenvalue weighted by Crippen LogP contribution is 2.44. The molecule has 2 aliphatic carbocycles. The highest BCUT2D eigenvalue weighted by atomic mass is 16.6. The largest absolute Gasteiger partial charge is 0.448 e. The van der Waals surface area contributed by atoms with Crippen LogP contribution < -0.4 is 0 Å². The molecule has 2 aromatic rings. The standard InChI is InChI=1S/C25H29NO2/c1-2-16-26(17-19-10-4-3-5-11-19)25(27)28-18-24-22-14-8-6-12-20(22)21-13-7-9-15-23(21)24/h2,6-9,12-15,19,24H,1,3-5,10-11,16-18H2. The Bertz CT molecular complexity index is 792. The van der Waals surface area contributed by atoms with Gasteiger partial charge in [-0.3, -0.25) is 0 Å². The van der Waals surface area contributed by atoms with E-state index in [9.17, 15) is 4.79 Å². The van der Waals surface area contributed by atoms with Crippen LogP contribution in [-0.2, 0) is 4.74 Å². The van der Waals surface area contributed by atoms with Gasteiger partial charge in [-0.15, -0.1) is 6.58 Å². The number of benzene rings is 2. The van der Waals surface area contributed by atoms with Gasteiger partial charge >= 0.3 is 6.09 Å². The van der Waals surface area contributed by atoms with Crippen molar-refractivity contribution in [3.05, 3.63) is 72.3 Å². The third-order valence-corrected chi connectivity index (χ3v) is 6.15. The second-order valence-corrected chi connectivity index (χ2v) is 8.00. The summed E-state index contributed by atoms with van der Waals surface area (Å²) in [5.74, 6) is 0.700. The molecule has 0 aliphatic heterocycles. The van der Waals surface area contributed by atoms with Gasteiger partial charge in [-0.1, -0.05) is 73.9 Å². The lowest BCUT2D eigenvalue weighted by Crippen LogP contribution is -2.37. The van der Waals surface area contributed by atoms with E-state index in [0.717, 1.165) is 6.54 Å². The van der Waals surface area contributed by atoms with Crippen LogP contribution in [0.1, 0.15) is 49.1 Å². The van der Waals surface area contributed by atoms with Crippen molar-refractivity contribution in [3.8, 4) is 11.1 Å². The molecule has 3 heteroatoms. The molecule has 0 radical (unpaired) electrons. The lowest BCUT2D eigenvalue weighted by Gasteiger charge is -2.29. The van der Waals surface area contributed by atoms with Crippen molar-refractivity contribution in [1.82, 2.24) is 4.90 Å². The molecular weight excluding hydrogens is 346 g/mol. The molecule has 0 unspecified atom stereocenters. The third kappa shape index (κ3) is 3.84. The second kappa shape index (κ2) is 8.64. The van der Waals surface area contributed by atoms with Gasteiger partial charge in [-0.05, 0) is 41.0 Å². The first-order valence-electron chi connectivity index (χ1n) is 10.5. The van der Waals surface area contributed by atoms with Crippen molar-refractivity contribution in [3.63, 3.8) is 0 Å². The van der Waals surface area contributed by atoms with Crippen LogP contribution in [0, 0.1) is 5.92 Å². The smallest absolute Gasteiger partial charge is 0.410 e.